The van der Waals surface area contributed by atoms with Gasteiger partial charge in [-0.25, -0.2) is 0 Å². The highest BCUT2D eigenvalue weighted by molar-refractivity contribution is 4.91. The molecule has 5 atom stereocenters. The number of nitrogens with two attached hydrogens (primary N) is 1. The Kier molecular flexibility index (Phi) is 4.68. The fourth-order valence-electron chi connectivity index (χ4n) is 3.49. The van der Waals surface area contributed by atoms with Gasteiger partial charge < -0.3 is 15.6 Å². The van der Waals surface area contributed by atoms with E-state index in [1.54, 1.807) is 0 Å². The zero-order valence-corrected chi connectivity index (χ0v) is 11.9. The lowest BCUT2D eigenvalue weighted by molar-refractivity contribution is -0.0755. The maximum atomic E-state index is 9.37. The van der Waals surface area contributed by atoms with Crippen LogP contribution in [-0.2, 0) is 4.74 Å². The van der Waals surface area contributed by atoms with Crippen LogP contribution in [0, 0.1) is 11.8 Å². The highest BCUT2D eigenvalue weighted by Crippen LogP contribution is 2.34. The van der Waals surface area contributed by atoms with E-state index in [9.17, 15) is 5.11 Å². The molecular formula is C15H29NO2. The summed E-state index contributed by atoms with van der Waals surface area (Å²) in [6.45, 7) is 4.77. The van der Waals surface area contributed by atoms with E-state index in [4.69, 9.17) is 10.5 Å². The number of hydrogen-bond donors (Lipinski definition) is 2. The fraction of sp³-hybridized carbons (Fsp3) is 1.00. The Labute approximate surface area is 111 Å². The van der Waals surface area contributed by atoms with Crippen LogP contribution in [0.2, 0.25) is 0 Å². The van der Waals surface area contributed by atoms with E-state index in [0.717, 1.165) is 37.5 Å². The summed E-state index contributed by atoms with van der Waals surface area (Å²) < 4.78 is 6.26. The van der Waals surface area contributed by atoms with Gasteiger partial charge in [0.2, 0.25) is 0 Å². The van der Waals surface area contributed by atoms with Crippen molar-refractivity contribution in [3.8, 4) is 0 Å². The molecule has 0 radical (unpaired) electrons. The molecule has 2 fully saturated rings. The lowest BCUT2D eigenvalue weighted by atomic mass is 9.79. The second-order valence-electron chi connectivity index (χ2n) is 6.76. The number of hydrogen-bond acceptors (Lipinski definition) is 3. The average molecular weight is 255 g/mol. The highest BCUT2D eigenvalue weighted by Gasteiger charge is 2.35. The van der Waals surface area contributed by atoms with Crippen molar-refractivity contribution in [2.45, 2.75) is 76.5 Å². The van der Waals surface area contributed by atoms with Crippen LogP contribution in [0.1, 0.15) is 58.8 Å². The van der Waals surface area contributed by atoms with E-state index in [1.165, 1.54) is 19.3 Å². The first-order chi connectivity index (χ1) is 8.52. The van der Waals surface area contributed by atoms with Gasteiger partial charge in [-0.1, -0.05) is 13.8 Å². The Balaban J connectivity index is 1.82. The molecule has 0 heterocycles. The van der Waals surface area contributed by atoms with Gasteiger partial charge in [-0.15, -0.1) is 0 Å². The molecule has 2 rings (SSSR count). The minimum atomic E-state index is -0.392. The normalized spacial score (nSPS) is 46.0. The van der Waals surface area contributed by atoms with Crippen LogP contribution in [0.15, 0.2) is 0 Å². The number of aliphatic hydroxyl groups is 1. The van der Waals surface area contributed by atoms with Crippen molar-refractivity contribution in [2.75, 3.05) is 6.61 Å². The predicted octanol–water partition coefficient (Wildman–Crippen LogP) is 2.46. The van der Waals surface area contributed by atoms with Gasteiger partial charge in [0, 0.05) is 5.54 Å². The van der Waals surface area contributed by atoms with Crippen LogP contribution in [0.5, 0.6) is 0 Å². The van der Waals surface area contributed by atoms with Gasteiger partial charge in [-0.2, -0.15) is 0 Å². The second kappa shape index (κ2) is 5.89. The molecule has 18 heavy (non-hydrogen) atoms. The summed E-state index contributed by atoms with van der Waals surface area (Å²) in [5.41, 5.74) is 5.78. The van der Waals surface area contributed by atoms with E-state index in [-0.39, 0.29) is 12.7 Å². The summed E-state index contributed by atoms with van der Waals surface area (Å²) in [6, 6.07) is 0. The Morgan fingerprint density at radius 1 is 1.17 bits per heavy atom. The molecule has 3 N–H and O–H groups in total. The summed E-state index contributed by atoms with van der Waals surface area (Å²) in [5.74, 6) is 1.61. The van der Waals surface area contributed by atoms with Gasteiger partial charge in [-0.3, -0.25) is 0 Å². The molecule has 2 saturated carbocycles. The van der Waals surface area contributed by atoms with E-state index in [1.807, 2.05) is 0 Å². The Hall–Kier alpha value is -0.120. The van der Waals surface area contributed by atoms with Gasteiger partial charge in [-0.05, 0) is 56.8 Å². The zero-order valence-electron chi connectivity index (χ0n) is 11.9. The number of ether oxygens (including phenoxy) is 1. The summed E-state index contributed by atoms with van der Waals surface area (Å²) in [5, 5.41) is 9.37. The minimum absolute atomic E-state index is 0.0883. The summed E-state index contributed by atoms with van der Waals surface area (Å²) in [6.07, 6.45) is 8.30. The quantitative estimate of drug-likeness (QED) is 0.814. The third-order valence-corrected chi connectivity index (χ3v) is 5.08. The maximum absolute atomic E-state index is 9.37. The van der Waals surface area contributed by atoms with Crippen LogP contribution in [-0.4, -0.2) is 29.5 Å². The van der Waals surface area contributed by atoms with E-state index in [2.05, 4.69) is 13.8 Å². The molecule has 3 heteroatoms. The number of rotatable bonds is 3. The molecule has 2 aliphatic rings. The SMILES string of the molecule is CC1CCC(OC2CCCC(N)(CO)C2)CC1C. The van der Waals surface area contributed by atoms with Gasteiger partial charge in [0.25, 0.3) is 0 Å². The van der Waals surface area contributed by atoms with Crippen LogP contribution in [0.25, 0.3) is 0 Å². The molecule has 0 aromatic rings. The Morgan fingerprint density at radius 2 is 1.94 bits per heavy atom. The largest absolute Gasteiger partial charge is 0.394 e. The molecule has 106 valence electrons. The van der Waals surface area contributed by atoms with Crippen molar-refractivity contribution < 1.29 is 9.84 Å². The molecule has 0 aromatic carbocycles. The number of aliphatic hydroxyl groups excluding tert-OH is 1. The Bertz CT molecular complexity index is 271. The third kappa shape index (κ3) is 3.46. The topological polar surface area (TPSA) is 55.5 Å². The maximum Gasteiger partial charge on any atom is 0.0612 e. The molecule has 0 aliphatic heterocycles. The molecular weight excluding hydrogens is 226 g/mol. The molecule has 0 amide bonds. The van der Waals surface area contributed by atoms with Crippen molar-refractivity contribution in [3.63, 3.8) is 0 Å². The van der Waals surface area contributed by atoms with E-state index >= 15 is 0 Å². The van der Waals surface area contributed by atoms with Crippen LogP contribution in [0.3, 0.4) is 0 Å². The van der Waals surface area contributed by atoms with Gasteiger partial charge in [0.1, 0.15) is 0 Å². The van der Waals surface area contributed by atoms with Crippen molar-refractivity contribution in [3.05, 3.63) is 0 Å². The fourth-order valence-corrected chi connectivity index (χ4v) is 3.49. The standard InChI is InChI=1S/C15H29NO2/c1-11-5-6-13(8-12(11)2)18-14-4-3-7-15(16,9-14)10-17/h11-14,17H,3-10,16H2,1-2H3. The van der Waals surface area contributed by atoms with Crippen LogP contribution < -0.4 is 5.73 Å². The lowest BCUT2D eigenvalue weighted by Gasteiger charge is -2.40. The third-order valence-electron chi connectivity index (χ3n) is 5.08. The molecule has 0 saturated heterocycles. The zero-order chi connectivity index (χ0) is 13.2. The van der Waals surface area contributed by atoms with Crippen molar-refractivity contribution in [1.29, 1.82) is 0 Å². The monoisotopic (exact) mass is 255 g/mol. The average Bonchev–Trinajstić information content (AvgIpc) is 2.34. The minimum Gasteiger partial charge on any atom is -0.394 e. The summed E-state index contributed by atoms with van der Waals surface area (Å²) in [7, 11) is 0. The smallest absolute Gasteiger partial charge is 0.0612 e. The van der Waals surface area contributed by atoms with Crippen molar-refractivity contribution in [2.24, 2.45) is 17.6 Å². The molecule has 0 aromatic heterocycles. The lowest BCUT2D eigenvalue weighted by Crippen LogP contribution is -2.50. The second-order valence-corrected chi connectivity index (χ2v) is 6.76. The van der Waals surface area contributed by atoms with Gasteiger partial charge in [0.15, 0.2) is 0 Å². The summed E-state index contributed by atoms with van der Waals surface area (Å²) in [4.78, 5) is 0. The van der Waals surface area contributed by atoms with Gasteiger partial charge >= 0.3 is 0 Å². The molecule has 5 unspecified atom stereocenters. The van der Waals surface area contributed by atoms with Crippen molar-refractivity contribution >= 4 is 0 Å². The first kappa shape index (κ1) is 14.3. The van der Waals surface area contributed by atoms with Crippen LogP contribution >= 0.6 is 0 Å². The first-order valence-electron chi connectivity index (χ1n) is 7.57. The van der Waals surface area contributed by atoms with Crippen LogP contribution in [0.4, 0.5) is 0 Å². The first-order valence-corrected chi connectivity index (χ1v) is 7.57. The molecule has 0 bridgehead atoms. The van der Waals surface area contributed by atoms with E-state index < -0.39 is 5.54 Å². The van der Waals surface area contributed by atoms with Gasteiger partial charge in [0.05, 0.1) is 18.8 Å². The van der Waals surface area contributed by atoms with Crippen molar-refractivity contribution in [1.82, 2.24) is 0 Å². The summed E-state index contributed by atoms with van der Waals surface area (Å²) >= 11 is 0. The highest BCUT2D eigenvalue weighted by atomic mass is 16.5. The molecule has 3 nitrogen and oxygen atoms in total. The molecule has 0 spiro atoms. The Morgan fingerprint density at radius 3 is 2.61 bits per heavy atom. The van der Waals surface area contributed by atoms with E-state index in [0.29, 0.717) is 6.10 Å². The predicted molar refractivity (Wildman–Crippen MR) is 73.3 cm³/mol. The molecule has 2 aliphatic carbocycles.